The lowest BCUT2D eigenvalue weighted by molar-refractivity contribution is 0.361. The van der Waals surface area contributed by atoms with Gasteiger partial charge in [0.2, 0.25) is 0 Å². The van der Waals surface area contributed by atoms with Gasteiger partial charge in [-0.3, -0.25) is 4.79 Å². The minimum absolute atomic E-state index is 0.114. The highest BCUT2D eigenvalue weighted by Gasteiger charge is 2.25. The highest BCUT2D eigenvalue weighted by molar-refractivity contribution is 5.80. The van der Waals surface area contributed by atoms with Crippen LogP contribution in [0.15, 0.2) is 65.6 Å². The quantitative estimate of drug-likeness (QED) is 0.426. The molecule has 0 spiro atoms. The zero-order valence-electron chi connectivity index (χ0n) is 17.1. The average molecular weight is 419 g/mol. The summed E-state index contributed by atoms with van der Waals surface area (Å²) in [5.74, 6) is -0.144. The number of halogens is 2. The molecule has 1 aliphatic rings. The van der Waals surface area contributed by atoms with Gasteiger partial charge in [-0.15, -0.1) is 0 Å². The van der Waals surface area contributed by atoms with E-state index in [-0.39, 0.29) is 23.2 Å². The maximum atomic E-state index is 14.7. The Hall–Kier alpha value is -3.28. The number of imidazole rings is 1. The second-order valence-electron chi connectivity index (χ2n) is 8.19. The van der Waals surface area contributed by atoms with Gasteiger partial charge in [0.05, 0.1) is 17.6 Å². The van der Waals surface area contributed by atoms with Crippen LogP contribution in [0.5, 0.6) is 0 Å². The molecule has 0 atom stereocenters. The molecule has 0 aliphatic heterocycles. The van der Waals surface area contributed by atoms with Crippen LogP contribution in [0, 0.1) is 11.6 Å². The van der Waals surface area contributed by atoms with E-state index in [1.54, 1.807) is 41.1 Å². The molecule has 1 fully saturated rings. The number of aromatic nitrogens is 3. The molecule has 1 saturated carbocycles. The zero-order valence-corrected chi connectivity index (χ0v) is 17.1. The van der Waals surface area contributed by atoms with Crippen molar-refractivity contribution >= 4 is 11.0 Å². The molecule has 4 nitrogen and oxygen atoms in total. The third-order valence-electron chi connectivity index (χ3n) is 6.13. The van der Waals surface area contributed by atoms with E-state index in [1.165, 1.54) is 24.6 Å². The summed E-state index contributed by atoms with van der Waals surface area (Å²) >= 11 is 0. The van der Waals surface area contributed by atoms with Crippen molar-refractivity contribution in [2.24, 2.45) is 0 Å². The molecule has 2 aromatic heterocycles. The molecule has 5 rings (SSSR count). The Labute approximate surface area is 178 Å². The summed E-state index contributed by atoms with van der Waals surface area (Å²) in [5, 5.41) is 0. The maximum absolute atomic E-state index is 14.7. The first-order valence-electron chi connectivity index (χ1n) is 10.7. The monoisotopic (exact) mass is 419 g/mol. The van der Waals surface area contributed by atoms with Crippen LogP contribution in [0.25, 0.3) is 22.4 Å². The summed E-state index contributed by atoms with van der Waals surface area (Å²) in [6.07, 6.45) is 6.93. The van der Waals surface area contributed by atoms with Crippen molar-refractivity contribution < 1.29 is 8.78 Å². The fourth-order valence-corrected chi connectivity index (χ4v) is 4.58. The molecule has 0 N–H and O–H groups in total. The largest absolute Gasteiger partial charge is 0.316 e. The van der Waals surface area contributed by atoms with Gasteiger partial charge in [-0.25, -0.2) is 13.8 Å². The number of pyridine rings is 1. The van der Waals surface area contributed by atoms with E-state index in [0.717, 1.165) is 31.2 Å². The molecule has 2 heterocycles. The van der Waals surface area contributed by atoms with Gasteiger partial charge in [-0.05, 0) is 48.7 Å². The van der Waals surface area contributed by atoms with Gasteiger partial charge in [0.1, 0.15) is 23.0 Å². The summed E-state index contributed by atoms with van der Waals surface area (Å²) in [5.41, 5.74) is 2.16. The van der Waals surface area contributed by atoms with Crippen LogP contribution in [-0.2, 0) is 6.54 Å². The van der Waals surface area contributed by atoms with Crippen LogP contribution in [-0.4, -0.2) is 14.1 Å². The number of nitrogens with zero attached hydrogens (tertiary/aromatic N) is 3. The Morgan fingerprint density at radius 3 is 2.42 bits per heavy atom. The second-order valence-corrected chi connectivity index (χ2v) is 8.19. The van der Waals surface area contributed by atoms with Gasteiger partial charge in [-0.2, -0.15) is 0 Å². The first-order chi connectivity index (χ1) is 15.1. The minimum Gasteiger partial charge on any atom is -0.316 e. The van der Waals surface area contributed by atoms with E-state index in [0.29, 0.717) is 29.0 Å². The summed E-state index contributed by atoms with van der Waals surface area (Å²) in [7, 11) is 0. The molecule has 2 aromatic carbocycles. The Morgan fingerprint density at radius 2 is 1.68 bits per heavy atom. The predicted octanol–water partition coefficient (Wildman–Crippen LogP) is 5.70. The molecule has 6 heteroatoms. The number of benzene rings is 2. The van der Waals surface area contributed by atoms with Gasteiger partial charge in [0.25, 0.3) is 5.56 Å². The van der Waals surface area contributed by atoms with Crippen LogP contribution in [0.2, 0.25) is 0 Å². The van der Waals surface area contributed by atoms with Crippen molar-refractivity contribution in [3.8, 4) is 11.4 Å². The van der Waals surface area contributed by atoms with E-state index in [9.17, 15) is 13.6 Å². The SMILES string of the molecule is O=c1c2c(ccn1Cc1ccc(F)cc1)nc(-c1ccccc1F)n2C1CCCCC1. The molecule has 31 heavy (non-hydrogen) atoms. The van der Waals surface area contributed by atoms with E-state index >= 15 is 0 Å². The lowest BCUT2D eigenvalue weighted by atomic mass is 9.95. The first-order valence-corrected chi connectivity index (χ1v) is 10.7. The van der Waals surface area contributed by atoms with Crippen LogP contribution in [0.4, 0.5) is 8.78 Å². The Balaban J connectivity index is 1.69. The standard InChI is InChI=1S/C25H23F2N3O/c26-18-12-10-17(11-13-18)16-29-15-14-22-23(25(29)31)30(19-6-2-1-3-7-19)24(28-22)20-8-4-5-9-21(20)27/h4-5,8-15,19H,1-3,6-7,16H2. The molecule has 0 saturated heterocycles. The topological polar surface area (TPSA) is 39.8 Å². The van der Waals surface area contributed by atoms with Gasteiger partial charge < -0.3 is 9.13 Å². The highest BCUT2D eigenvalue weighted by Crippen LogP contribution is 2.35. The lowest BCUT2D eigenvalue weighted by Crippen LogP contribution is -2.24. The maximum Gasteiger partial charge on any atom is 0.277 e. The molecule has 4 aromatic rings. The summed E-state index contributed by atoms with van der Waals surface area (Å²) in [6, 6.07) is 14.6. The number of rotatable bonds is 4. The Bertz CT molecular complexity index is 1280. The van der Waals surface area contributed by atoms with Crippen LogP contribution in [0.1, 0.15) is 43.7 Å². The molecule has 0 radical (unpaired) electrons. The zero-order chi connectivity index (χ0) is 21.4. The lowest BCUT2D eigenvalue weighted by Gasteiger charge is -2.25. The van der Waals surface area contributed by atoms with Gasteiger partial charge in [-0.1, -0.05) is 43.5 Å². The van der Waals surface area contributed by atoms with Gasteiger partial charge in [0, 0.05) is 12.2 Å². The molecule has 0 bridgehead atoms. The average Bonchev–Trinajstić information content (AvgIpc) is 3.18. The van der Waals surface area contributed by atoms with E-state index in [4.69, 9.17) is 4.98 Å². The summed E-state index contributed by atoms with van der Waals surface area (Å²) in [4.78, 5) is 18.2. The minimum atomic E-state index is -0.346. The van der Waals surface area contributed by atoms with E-state index < -0.39 is 0 Å². The van der Waals surface area contributed by atoms with Crippen LogP contribution < -0.4 is 5.56 Å². The fourth-order valence-electron chi connectivity index (χ4n) is 4.58. The van der Waals surface area contributed by atoms with Gasteiger partial charge in [0.15, 0.2) is 0 Å². The Kier molecular flexibility index (Phi) is 5.14. The molecule has 0 unspecified atom stereocenters. The smallest absolute Gasteiger partial charge is 0.277 e. The first kappa shape index (κ1) is 19.7. The third-order valence-corrected chi connectivity index (χ3v) is 6.13. The van der Waals surface area contributed by atoms with Crippen molar-refractivity contribution in [3.63, 3.8) is 0 Å². The van der Waals surface area contributed by atoms with Crippen molar-refractivity contribution in [1.29, 1.82) is 0 Å². The second kappa shape index (κ2) is 8.10. The number of fused-ring (bicyclic) bond motifs is 1. The third kappa shape index (κ3) is 3.67. The van der Waals surface area contributed by atoms with Crippen molar-refractivity contribution in [3.05, 3.63) is 88.3 Å². The van der Waals surface area contributed by atoms with Crippen LogP contribution in [0.3, 0.4) is 0 Å². The fraction of sp³-hybridized carbons (Fsp3) is 0.280. The number of hydrogen-bond acceptors (Lipinski definition) is 2. The van der Waals surface area contributed by atoms with Gasteiger partial charge >= 0.3 is 0 Å². The van der Waals surface area contributed by atoms with Crippen molar-refractivity contribution in [2.45, 2.75) is 44.7 Å². The molecule has 158 valence electrons. The van der Waals surface area contributed by atoms with E-state index in [1.807, 2.05) is 10.6 Å². The van der Waals surface area contributed by atoms with Crippen molar-refractivity contribution in [2.75, 3.05) is 0 Å². The molecule has 1 aliphatic carbocycles. The summed E-state index contributed by atoms with van der Waals surface area (Å²) < 4.78 is 31.5. The highest BCUT2D eigenvalue weighted by atomic mass is 19.1. The normalized spacial score (nSPS) is 14.9. The Morgan fingerprint density at radius 1 is 0.935 bits per heavy atom. The number of hydrogen-bond donors (Lipinski definition) is 0. The molecular formula is C25H23F2N3O. The molecule has 0 amide bonds. The van der Waals surface area contributed by atoms with E-state index in [2.05, 4.69) is 0 Å². The van der Waals surface area contributed by atoms with Crippen LogP contribution >= 0.6 is 0 Å². The van der Waals surface area contributed by atoms with Crippen molar-refractivity contribution in [1.82, 2.24) is 14.1 Å². The molecular weight excluding hydrogens is 396 g/mol. The predicted molar refractivity (Wildman–Crippen MR) is 117 cm³/mol. The summed E-state index contributed by atoms with van der Waals surface area (Å²) in [6.45, 7) is 0.333.